The van der Waals surface area contributed by atoms with Crippen molar-refractivity contribution in [1.29, 1.82) is 0 Å². The molecule has 0 bridgehead atoms. The molecule has 0 aliphatic carbocycles. The lowest BCUT2D eigenvalue weighted by molar-refractivity contribution is -0.385. The lowest BCUT2D eigenvalue weighted by Gasteiger charge is -2.22. The number of rotatable bonds is 7. The van der Waals surface area contributed by atoms with Crippen molar-refractivity contribution in [2.45, 2.75) is 32.7 Å². The number of nitro benzene ring substituents is 1. The van der Waals surface area contributed by atoms with Crippen LogP contribution in [0.3, 0.4) is 0 Å². The molecule has 1 heterocycles. The number of nitro groups is 1. The summed E-state index contributed by atoms with van der Waals surface area (Å²) in [6.07, 6.45) is 2.18. The first kappa shape index (κ1) is 19.8. The molecule has 1 aliphatic rings. The number of carbonyl (C=O) groups is 1. The van der Waals surface area contributed by atoms with E-state index in [9.17, 15) is 14.9 Å². The van der Waals surface area contributed by atoms with Gasteiger partial charge in [0.1, 0.15) is 5.75 Å². The number of likely N-dealkylation sites (N-methyl/N-ethyl adjacent to an activating group) is 1. The number of aryl methyl sites for hydroxylation is 1. The smallest absolute Gasteiger partial charge is 0.312 e. The van der Waals surface area contributed by atoms with Gasteiger partial charge in [-0.15, -0.1) is 0 Å². The van der Waals surface area contributed by atoms with Crippen molar-refractivity contribution < 1.29 is 14.5 Å². The summed E-state index contributed by atoms with van der Waals surface area (Å²) >= 11 is 0. The summed E-state index contributed by atoms with van der Waals surface area (Å²) < 4.78 is 5.65. The van der Waals surface area contributed by atoms with Crippen molar-refractivity contribution in [3.8, 4) is 11.5 Å². The fraction of sp³-hybridized carbons (Fsp3) is 0.381. The number of nitrogens with one attached hydrogen (secondary N) is 1. The third kappa shape index (κ3) is 4.67. The van der Waals surface area contributed by atoms with E-state index in [0.717, 1.165) is 31.5 Å². The average molecular weight is 383 g/mol. The van der Waals surface area contributed by atoms with E-state index < -0.39 is 4.92 Å². The maximum atomic E-state index is 12.5. The summed E-state index contributed by atoms with van der Waals surface area (Å²) in [4.78, 5) is 25.8. The highest BCUT2D eigenvalue weighted by molar-refractivity contribution is 5.95. The number of carbonyl (C=O) groups excluding carboxylic acids is 1. The van der Waals surface area contributed by atoms with Crippen molar-refractivity contribution in [3.05, 3.63) is 63.7 Å². The third-order valence-electron chi connectivity index (χ3n) is 5.07. The summed E-state index contributed by atoms with van der Waals surface area (Å²) in [5.41, 5.74) is 1.09. The van der Waals surface area contributed by atoms with Crippen LogP contribution in [-0.4, -0.2) is 41.4 Å². The Morgan fingerprint density at radius 3 is 2.71 bits per heavy atom. The van der Waals surface area contributed by atoms with E-state index in [0.29, 0.717) is 18.3 Å². The molecule has 1 amide bonds. The van der Waals surface area contributed by atoms with E-state index in [-0.39, 0.29) is 22.9 Å². The van der Waals surface area contributed by atoms with Crippen LogP contribution in [0.4, 0.5) is 5.69 Å². The van der Waals surface area contributed by atoms with Crippen LogP contribution >= 0.6 is 0 Å². The Hall–Kier alpha value is -2.93. The van der Waals surface area contributed by atoms with Crippen LogP contribution in [0.15, 0.2) is 42.5 Å². The Morgan fingerprint density at radius 1 is 1.29 bits per heavy atom. The quantitative estimate of drug-likeness (QED) is 0.579. The van der Waals surface area contributed by atoms with Gasteiger partial charge in [0.15, 0.2) is 0 Å². The lowest BCUT2D eigenvalue weighted by atomic mass is 10.1. The highest BCUT2D eigenvalue weighted by Gasteiger charge is 2.24. The number of ether oxygens (including phenoxy) is 1. The molecule has 0 saturated carbocycles. The number of hydrogen-bond donors (Lipinski definition) is 1. The van der Waals surface area contributed by atoms with Crippen molar-refractivity contribution >= 4 is 11.6 Å². The fourth-order valence-electron chi connectivity index (χ4n) is 3.48. The van der Waals surface area contributed by atoms with Crippen LogP contribution < -0.4 is 10.1 Å². The standard InChI is InChI=1S/C21H25N3O4/c1-3-23-12-4-5-17(23)14-22-21(25)16-8-11-20(19(13-16)24(26)27)28-18-9-6-15(2)7-10-18/h6-11,13,17H,3-5,12,14H2,1-2H3,(H,22,25). The molecular weight excluding hydrogens is 358 g/mol. The van der Waals surface area contributed by atoms with Crippen LogP contribution in [0.5, 0.6) is 11.5 Å². The highest BCUT2D eigenvalue weighted by Crippen LogP contribution is 2.32. The van der Waals surface area contributed by atoms with Crippen molar-refractivity contribution in [2.24, 2.45) is 0 Å². The van der Waals surface area contributed by atoms with Crippen LogP contribution in [0.2, 0.25) is 0 Å². The zero-order valence-electron chi connectivity index (χ0n) is 16.2. The molecule has 1 fully saturated rings. The predicted octanol–water partition coefficient (Wildman–Crippen LogP) is 3.91. The Kier molecular flexibility index (Phi) is 6.26. The number of amides is 1. The minimum Gasteiger partial charge on any atom is -0.450 e. The van der Waals surface area contributed by atoms with Crippen molar-refractivity contribution in [2.75, 3.05) is 19.6 Å². The molecule has 7 heteroatoms. The Balaban J connectivity index is 1.71. The van der Waals surface area contributed by atoms with Crippen molar-refractivity contribution in [3.63, 3.8) is 0 Å². The fourth-order valence-corrected chi connectivity index (χ4v) is 3.48. The van der Waals surface area contributed by atoms with Gasteiger partial charge in [0.25, 0.3) is 5.91 Å². The van der Waals surface area contributed by atoms with E-state index in [2.05, 4.69) is 17.1 Å². The van der Waals surface area contributed by atoms with Gasteiger partial charge in [-0.1, -0.05) is 24.6 Å². The molecule has 28 heavy (non-hydrogen) atoms. The molecule has 1 atom stereocenters. The van der Waals surface area contributed by atoms with E-state index in [1.54, 1.807) is 18.2 Å². The molecule has 1 unspecified atom stereocenters. The molecule has 2 aromatic rings. The molecule has 1 aliphatic heterocycles. The lowest BCUT2D eigenvalue weighted by Crippen LogP contribution is -2.40. The van der Waals surface area contributed by atoms with Gasteiger partial charge in [0, 0.05) is 24.2 Å². The predicted molar refractivity (Wildman–Crippen MR) is 107 cm³/mol. The van der Waals surface area contributed by atoms with Gasteiger partial charge >= 0.3 is 5.69 Å². The van der Waals surface area contributed by atoms with Crippen molar-refractivity contribution in [1.82, 2.24) is 10.2 Å². The molecule has 2 aromatic carbocycles. The maximum Gasteiger partial charge on any atom is 0.312 e. The summed E-state index contributed by atoms with van der Waals surface area (Å²) in [7, 11) is 0. The van der Waals surface area contributed by atoms with Gasteiger partial charge in [-0.3, -0.25) is 19.8 Å². The topological polar surface area (TPSA) is 84.7 Å². The van der Waals surface area contributed by atoms with Gasteiger partial charge in [0.2, 0.25) is 5.75 Å². The second-order valence-electron chi connectivity index (χ2n) is 6.99. The van der Waals surface area contributed by atoms with Gasteiger partial charge in [-0.2, -0.15) is 0 Å². The second-order valence-corrected chi connectivity index (χ2v) is 6.99. The van der Waals surface area contributed by atoms with Crippen LogP contribution in [-0.2, 0) is 0 Å². The first-order valence-electron chi connectivity index (χ1n) is 9.53. The summed E-state index contributed by atoms with van der Waals surface area (Å²) in [5, 5.41) is 14.4. The number of nitrogens with zero attached hydrogens (tertiary/aromatic N) is 2. The van der Waals surface area contributed by atoms with E-state index >= 15 is 0 Å². The van der Waals surface area contributed by atoms with Crippen LogP contribution in [0, 0.1) is 17.0 Å². The Labute approximate surface area is 164 Å². The molecule has 1 saturated heterocycles. The Bertz CT molecular complexity index is 851. The summed E-state index contributed by atoms with van der Waals surface area (Å²) in [6, 6.07) is 11.9. The number of benzene rings is 2. The van der Waals surface area contributed by atoms with E-state index in [4.69, 9.17) is 4.74 Å². The molecule has 0 radical (unpaired) electrons. The van der Waals surface area contributed by atoms with Crippen LogP contribution in [0.25, 0.3) is 0 Å². The molecule has 7 nitrogen and oxygen atoms in total. The molecule has 0 spiro atoms. The van der Waals surface area contributed by atoms with Gasteiger partial charge in [-0.25, -0.2) is 0 Å². The second kappa shape index (κ2) is 8.84. The zero-order valence-corrected chi connectivity index (χ0v) is 16.2. The average Bonchev–Trinajstić information content (AvgIpc) is 3.15. The SMILES string of the molecule is CCN1CCCC1CNC(=O)c1ccc(Oc2ccc(C)cc2)c([N+](=O)[O-])c1. The van der Waals surface area contributed by atoms with E-state index in [1.165, 1.54) is 12.1 Å². The summed E-state index contributed by atoms with van der Waals surface area (Å²) in [6.45, 7) is 6.61. The number of hydrogen-bond acceptors (Lipinski definition) is 5. The minimum atomic E-state index is -0.532. The maximum absolute atomic E-state index is 12.5. The zero-order chi connectivity index (χ0) is 20.1. The Morgan fingerprint density at radius 2 is 2.04 bits per heavy atom. The highest BCUT2D eigenvalue weighted by atomic mass is 16.6. The minimum absolute atomic E-state index is 0.110. The molecular formula is C21H25N3O4. The van der Waals surface area contributed by atoms with Gasteiger partial charge in [-0.05, 0) is 57.1 Å². The summed E-state index contributed by atoms with van der Waals surface area (Å²) in [5.74, 6) is 0.304. The number of likely N-dealkylation sites (tertiary alicyclic amines) is 1. The first-order chi connectivity index (χ1) is 13.5. The van der Waals surface area contributed by atoms with Gasteiger partial charge in [0.05, 0.1) is 4.92 Å². The van der Waals surface area contributed by atoms with E-state index in [1.807, 2.05) is 19.1 Å². The largest absolute Gasteiger partial charge is 0.450 e. The van der Waals surface area contributed by atoms with Crippen LogP contribution in [0.1, 0.15) is 35.7 Å². The molecule has 3 rings (SSSR count). The normalized spacial score (nSPS) is 16.7. The molecule has 148 valence electrons. The first-order valence-corrected chi connectivity index (χ1v) is 9.53. The molecule has 1 N–H and O–H groups in total. The van der Waals surface area contributed by atoms with Gasteiger partial charge < -0.3 is 10.1 Å². The molecule has 0 aromatic heterocycles. The third-order valence-corrected chi connectivity index (χ3v) is 5.07. The monoisotopic (exact) mass is 383 g/mol.